The zero-order chi connectivity index (χ0) is 20.1. The molecule has 1 fully saturated rings. The lowest BCUT2D eigenvalue weighted by Crippen LogP contribution is -2.32. The molecule has 5 atom stereocenters. The third-order valence-corrected chi connectivity index (χ3v) is 5.80. The molecule has 0 saturated carbocycles. The summed E-state index contributed by atoms with van der Waals surface area (Å²) in [5.74, 6) is 0.477. The van der Waals surface area contributed by atoms with Gasteiger partial charge in [0.2, 0.25) is 5.28 Å². The Labute approximate surface area is 170 Å². The Bertz CT molecular complexity index is 1060. The number of aliphatic hydroxyl groups is 3. The number of benzene rings is 1. The highest BCUT2D eigenvalue weighted by molar-refractivity contribution is 6.28. The third-order valence-electron chi connectivity index (χ3n) is 5.64. The Hall–Kier alpha value is -2.30. The van der Waals surface area contributed by atoms with Gasteiger partial charge in [-0.3, -0.25) is 0 Å². The summed E-state index contributed by atoms with van der Waals surface area (Å²) in [6, 6.07) is 8.33. The molecule has 1 saturated heterocycles. The minimum Gasteiger partial charge on any atom is -0.394 e. The highest BCUT2D eigenvalue weighted by atomic mass is 35.5. The van der Waals surface area contributed by atoms with Crippen LogP contribution < -0.4 is 5.32 Å². The smallest absolute Gasteiger partial charge is 0.243 e. The van der Waals surface area contributed by atoms with Crippen molar-refractivity contribution >= 4 is 23.1 Å². The van der Waals surface area contributed by atoms with Gasteiger partial charge in [0.25, 0.3) is 0 Å². The van der Waals surface area contributed by atoms with E-state index in [2.05, 4.69) is 32.5 Å². The predicted molar refractivity (Wildman–Crippen MR) is 104 cm³/mol. The summed E-state index contributed by atoms with van der Waals surface area (Å²) in [5.41, 5.74) is 3.38. The minimum atomic E-state index is -1.22. The second kappa shape index (κ2) is 7.19. The van der Waals surface area contributed by atoms with E-state index in [1.807, 2.05) is 12.1 Å². The van der Waals surface area contributed by atoms with Crippen LogP contribution in [0, 0.1) is 0 Å². The van der Waals surface area contributed by atoms with Gasteiger partial charge >= 0.3 is 0 Å². The quantitative estimate of drug-likeness (QED) is 0.496. The molecule has 2 aliphatic rings. The van der Waals surface area contributed by atoms with Gasteiger partial charge in [0, 0.05) is 0 Å². The van der Waals surface area contributed by atoms with Gasteiger partial charge in [-0.25, -0.2) is 9.50 Å². The lowest BCUT2D eigenvalue weighted by atomic mass is 10.1. The monoisotopic (exact) mass is 417 g/mol. The molecule has 0 spiro atoms. The highest BCUT2D eigenvalue weighted by Crippen LogP contribution is 2.36. The maximum atomic E-state index is 10.3. The molecule has 9 nitrogen and oxygen atoms in total. The Morgan fingerprint density at radius 1 is 1.24 bits per heavy atom. The van der Waals surface area contributed by atoms with Crippen LogP contribution in [0.2, 0.25) is 5.28 Å². The molecule has 152 valence electrons. The van der Waals surface area contributed by atoms with Gasteiger partial charge in [0.1, 0.15) is 24.4 Å². The molecule has 3 heterocycles. The van der Waals surface area contributed by atoms with Crippen molar-refractivity contribution in [2.45, 2.75) is 43.3 Å². The van der Waals surface area contributed by atoms with Crippen molar-refractivity contribution < 1.29 is 20.1 Å². The number of hydrogen-bond donors (Lipinski definition) is 4. The lowest BCUT2D eigenvalue weighted by Gasteiger charge is -2.16. The zero-order valence-electron chi connectivity index (χ0n) is 15.3. The first kappa shape index (κ1) is 18.7. The normalized spacial score (nSPS) is 28.8. The topological polar surface area (TPSA) is 125 Å². The van der Waals surface area contributed by atoms with Crippen molar-refractivity contribution in [3.8, 4) is 0 Å². The molecule has 0 radical (unpaired) electrons. The first-order valence-electron chi connectivity index (χ1n) is 9.44. The first-order valence-corrected chi connectivity index (χ1v) is 9.82. The van der Waals surface area contributed by atoms with Crippen LogP contribution in [0.1, 0.15) is 35.4 Å². The summed E-state index contributed by atoms with van der Waals surface area (Å²) in [5, 5.41) is 37.4. The number of anilines is 1. The number of ether oxygens (including phenoxy) is 1. The average molecular weight is 418 g/mol. The van der Waals surface area contributed by atoms with Crippen molar-refractivity contribution in [2.75, 3.05) is 11.9 Å². The summed E-state index contributed by atoms with van der Waals surface area (Å²) in [6.07, 6.45) is -0.803. The van der Waals surface area contributed by atoms with Crippen LogP contribution >= 0.6 is 11.6 Å². The number of nitrogens with zero attached hydrogens (tertiary/aromatic N) is 4. The molecule has 0 unspecified atom stereocenters. The Kier molecular flexibility index (Phi) is 4.64. The van der Waals surface area contributed by atoms with Crippen LogP contribution in [-0.2, 0) is 11.2 Å². The molecule has 0 bridgehead atoms. The van der Waals surface area contributed by atoms with Crippen molar-refractivity contribution in [1.82, 2.24) is 19.6 Å². The average Bonchev–Trinajstić information content (AvgIpc) is 3.39. The number of aryl methyl sites for hydroxylation is 1. The molecule has 5 rings (SSSR count). The van der Waals surface area contributed by atoms with E-state index >= 15 is 0 Å². The summed E-state index contributed by atoms with van der Waals surface area (Å²) in [4.78, 5) is 8.70. The van der Waals surface area contributed by atoms with Gasteiger partial charge in [-0.1, -0.05) is 24.3 Å². The molecule has 1 aliphatic carbocycles. The molecular formula is C19H20ClN5O4. The van der Waals surface area contributed by atoms with Gasteiger partial charge in [-0.2, -0.15) is 4.98 Å². The number of halogens is 1. The molecule has 1 aromatic carbocycles. The van der Waals surface area contributed by atoms with Gasteiger partial charge in [0.05, 0.1) is 24.5 Å². The second-order valence-electron chi connectivity index (χ2n) is 7.34. The predicted octanol–water partition coefficient (Wildman–Crippen LogP) is 1.03. The number of rotatable bonds is 4. The summed E-state index contributed by atoms with van der Waals surface area (Å²) in [6.45, 7) is -0.408. The fraction of sp³-hybridized carbons (Fsp3) is 0.421. The number of nitrogens with one attached hydrogen (secondary N) is 1. The molecular weight excluding hydrogens is 398 g/mol. The lowest BCUT2D eigenvalue weighted by molar-refractivity contribution is -0.0244. The van der Waals surface area contributed by atoms with Crippen molar-refractivity contribution in [2.24, 2.45) is 0 Å². The molecule has 2 aromatic heterocycles. The SMILES string of the molecule is OC[C@H]1O[C@@H](c2cnc3c(N[C@H]4CCc5ccccc54)nc(Cl)nn23)[C@H](O)[C@@H]1O. The van der Waals surface area contributed by atoms with E-state index in [0.29, 0.717) is 17.2 Å². The van der Waals surface area contributed by atoms with Crippen molar-refractivity contribution in [3.63, 3.8) is 0 Å². The molecule has 0 amide bonds. The fourth-order valence-corrected chi connectivity index (χ4v) is 4.34. The maximum absolute atomic E-state index is 10.3. The first-order chi connectivity index (χ1) is 14.1. The van der Waals surface area contributed by atoms with Crippen molar-refractivity contribution in [1.29, 1.82) is 0 Å². The number of hydrogen-bond acceptors (Lipinski definition) is 8. The number of fused-ring (bicyclic) bond motifs is 2. The largest absolute Gasteiger partial charge is 0.394 e. The number of aromatic nitrogens is 4. The van der Waals surface area contributed by atoms with Gasteiger partial charge < -0.3 is 25.4 Å². The van der Waals surface area contributed by atoms with E-state index in [1.165, 1.54) is 21.8 Å². The van der Waals surface area contributed by atoms with E-state index in [1.54, 1.807) is 0 Å². The maximum Gasteiger partial charge on any atom is 0.243 e. The summed E-state index contributed by atoms with van der Waals surface area (Å²) in [7, 11) is 0. The van der Waals surface area contributed by atoms with Crippen LogP contribution in [-0.4, -0.2) is 59.8 Å². The fourth-order valence-electron chi connectivity index (χ4n) is 4.18. The van der Waals surface area contributed by atoms with Crippen molar-refractivity contribution in [3.05, 3.63) is 52.6 Å². The van der Waals surface area contributed by atoms with E-state index < -0.39 is 31.0 Å². The van der Waals surface area contributed by atoms with Crippen LogP contribution in [0.15, 0.2) is 30.5 Å². The molecule has 1 aliphatic heterocycles. The molecule has 4 N–H and O–H groups in total. The summed E-state index contributed by atoms with van der Waals surface area (Å²) < 4.78 is 7.07. The Balaban J connectivity index is 1.51. The van der Waals surface area contributed by atoms with Crippen LogP contribution in [0.4, 0.5) is 5.82 Å². The highest BCUT2D eigenvalue weighted by Gasteiger charge is 2.44. The van der Waals surface area contributed by atoms with E-state index in [9.17, 15) is 15.3 Å². The van der Waals surface area contributed by atoms with Gasteiger partial charge in [0.15, 0.2) is 11.5 Å². The van der Waals surface area contributed by atoms with Crippen LogP contribution in [0.3, 0.4) is 0 Å². The molecule has 3 aromatic rings. The Morgan fingerprint density at radius 2 is 2.07 bits per heavy atom. The third kappa shape index (κ3) is 3.06. The van der Waals surface area contributed by atoms with Gasteiger partial charge in [-0.15, -0.1) is 5.10 Å². The Morgan fingerprint density at radius 3 is 2.86 bits per heavy atom. The molecule has 10 heteroatoms. The second-order valence-corrected chi connectivity index (χ2v) is 7.68. The van der Waals surface area contributed by atoms with Crippen LogP contribution in [0.25, 0.3) is 5.65 Å². The standard InChI is InChI=1S/C19H20ClN5O4/c20-19-23-17(22-11-6-5-9-3-1-2-4-10(9)11)18-21-7-12(25(18)24-19)16-15(28)14(27)13(8-26)29-16/h1-4,7,11,13-16,26-28H,5-6,8H2,(H,22,23,24)/t11-,13+,14+,15+,16-/m0/s1. The van der Waals surface area contributed by atoms with Crippen LogP contribution in [0.5, 0.6) is 0 Å². The number of imidazole rings is 1. The molecule has 29 heavy (non-hydrogen) atoms. The van der Waals surface area contributed by atoms with E-state index in [4.69, 9.17) is 16.3 Å². The van der Waals surface area contributed by atoms with E-state index in [0.717, 1.165) is 12.8 Å². The number of aliphatic hydroxyl groups excluding tert-OH is 3. The van der Waals surface area contributed by atoms with Gasteiger partial charge in [-0.05, 0) is 35.6 Å². The van der Waals surface area contributed by atoms with E-state index in [-0.39, 0.29) is 11.3 Å². The summed E-state index contributed by atoms with van der Waals surface area (Å²) >= 11 is 6.16. The minimum absolute atomic E-state index is 0.0114. The zero-order valence-corrected chi connectivity index (χ0v) is 16.1.